The van der Waals surface area contributed by atoms with Crippen LogP contribution in [0.25, 0.3) is 0 Å². The summed E-state index contributed by atoms with van der Waals surface area (Å²) in [4.78, 5) is 10.2. The van der Waals surface area contributed by atoms with E-state index in [1.54, 1.807) is 60.7 Å². The average Bonchev–Trinajstić information content (AvgIpc) is 2.47. The number of aliphatic hydroxyl groups excluding tert-OH is 1. The molecule has 0 saturated heterocycles. The minimum absolute atomic E-state index is 0.312. The fraction of sp³-hybridized carbons (Fsp3) is 0.133. The number of rotatable bonds is 4. The van der Waals surface area contributed by atoms with Gasteiger partial charge >= 0.3 is 5.97 Å². The molecule has 22 heavy (non-hydrogen) atoms. The minimum atomic E-state index is -3.88. The molecular weight excluding hydrogens is 308 g/mol. The highest BCUT2D eigenvalue weighted by molar-refractivity contribution is 7.85. The molecule has 0 aliphatic rings. The van der Waals surface area contributed by atoms with E-state index in [9.17, 15) is 13.2 Å². The van der Waals surface area contributed by atoms with Crippen molar-refractivity contribution >= 4 is 16.1 Å². The van der Waals surface area contributed by atoms with Gasteiger partial charge in [0.25, 0.3) is 10.1 Å². The van der Waals surface area contributed by atoms with Crippen LogP contribution < -0.4 is 0 Å². The molecule has 3 N–H and O–H groups in total. The average molecular weight is 324 g/mol. The minimum Gasteiger partial charge on any atom is -0.479 e. The fourth-order valence-electron chi connectivity index (χ4n) is 1.56. The van der Waals surface area contributed by atoms with E-state index in [2.05, 4.69) is 0 Å². The van der Waals surface area contributed by atoms with Gasteiger partial charge in [-0.1, -0.05) is 60.7 Å². The van der Waals surface area contributed by atoms with Crippen molar-refractivity contribution in [2.45, 2.75) is 11.9 Å². The van der Waals surface area contributed by atoms with E-state index in [4.69, 9.17) is 14.8 Å². The Hall–Kier alpha value is -2.22. The molecular formula is C15H16O6S. The summed E-state index contributed by atoms with van der Waals surface area (Å²) in [5.74, 6) is -1.54. The molecule has 2 rings (SSSR count). The summed E-state index contributed by atoms with van der Waals surface area (Å²) in [5, 5.41) is 17.4. The van der Waals surface area contributed by atoms with Crippen LogP contribution in [0.5, 0.6) is 0 Å². The maximum atomic E-state index is 10.4. The molecule has 0 fully saturated rings. The molecule has 0 radical (unpaired) electrons. The van der Waals surface area contributed by atoms with Gasteiger partial charge in [0.15, 0.2) is 6.10 Å². The first kappa shape index (κ1) is 17.8. The van der Waals surface area contributed by atoms with E-state index < -0.39 is 22.2 Å². The molecule has 1 atom stereocenters. The number of carboxylic acids is 1. The molecule has 0 aliphatic carbocycles. The first-order valence-electron chi connectivity index (χ1n) is 6.24. The molecule has 0 spiro atoms. The lowest BCUT2D eigenvalue weighted by atomic mass is 10.1. The van der Waals surface area contributed by atoms with Crippen molar-refractivity contribution in [3.63, 3.8) is 0 Å². The Morgan fingerprint density at radius 2 is 1.41 bits per heavy atom. The Bertz CT molecular complexity index is 682. The molecule has 0 aromatic heterocycles. The van der Waals surface area contributed by atoms with Gasteiger partial charge in [0, 0.05) is 0 Å². The number of carbonyl (C=O) groups is 1. The van der Waals surface area contributed by atoms with Crippen LogP contribution in [0.2, 0.25) is 0 Å². The van der Waals surface area contributed by atoms with Crippen molar-refractivity contribution in [1.29, 1.82) is 0 Å². The molecule has 2 aromatic carbocycles. The Morgan fingerprint density at radius 3 is 1.82 bits per heavy atom. The van der Waals surface area contributed by atoms with Crippen LogP contribution in [0.15, 0.2) is 60.7 Å². The smallest absolute Gasteiger partial charge is 0.337 e. The molecule has 1 unspecified atom stereocenters. The van der Waals surface area contributed by atoms with Gasteiger partial charge in [0.1, 0.15) is 5.75 Å². The fourth-order valence-corrected chi connectivity index (χ4v) is 2.18. The molecule has 7 heteroatoms. The van der Waals surface area contributed by atoms with Crippen LogP contribution in [0.4, 0.5) is 0 Å². The van der Waals surface area contributed by atoms with E-state index in [1.807, 2.05) is 0 Å². The summed E-state index contributed by atoms with van der Waals surface area (Å²) in [7, 11) is -3.88. The third-order valence-electron chi connectivity index (χ3n) is 2.54. The van der Waals surface area contributed by atoms with Crippen LogP contribution in [-0.2, 0) is 20.7 Å². The number of hydrogen-bond donors (Lipinski definition) is 3. The summed E-state index contributed by atoms with van der Waals surface area (Å²) < 4.78 is 29.2. The summed E-state index contributed by atoms with van der Waals surface area (Å²) >= 11 is 0. The topological polar surface area (TPSA) is 112 Å². The molecule has 0 amide bonds. The van der Waals surface area contributed by atoms with Gasteiger partial charge in [-0.25, -0.2) is 4.79 Å². The Labute approximate surface area is 128 Å². The van der Waals surface area contributed by atoms with Gasteiger partial charge in [-0.15, -0.1) is 0 Å². The molecule has 118 valence electrons. The lowest BCUT2D eigenvalue weighted by Crippen LogP contribution is -2.09. The molecule has 2 aromatic rings. The highest BCUT2D eigenvalue weighted by atomic mass is 32.2. The maximum Gasteiger partial charge on any atom is 0.337 e. The maximum absolute atomic E-state index is 10.4. The third-order valence-corrected chi connectivity index (χ3v) is 3.24. The first-order chi connectivity index (χ1) is 10.3. The molecule has 6 nitrogen and oxygen atoms in total. The third kappa shape index (κ3) is 6.98. The predicted octanol–water partition coefficient (Wildman–Crippen LogP) is 1.88. The Kier molecular flexibility index (Phi) is 6.71. The van der Waals surface area contributed by atoms with Gasteiger partial charge in [-0.2, -0.15) is 8.42 Å². The number of carboxylic acid groups (broad SMARTS) is 1. The standard InChI is InChI=1S/C8H8O3.C7H8O3S/c9-7(8(10)11)6-4-2-1-3-5-6;8-11(9,10)6-7-4-2-1-3-5-7/h1-5,7,9H,(H,10,11);1-5H,6H2,(H,8,9,10). The normalized spacial score (nSPS) is 11.9. The van der Waals surface area contributed by atoms with E-state index in [1.165, 1.54) is 0 Å². The zero-order valence-electron chi connectivity index (χ0n) is 11.5. The van der Waals surface area contributed by atoms with E-state index >= 15 is 0 Å². The second-order valence-corrected chi connectivity index (χ2v) is 5.82. The number of benzene rings is 2. The number of hydrogen-bond acceptors (Lipinski definition) is 4. The first-order valence-corrected chi connectivity index (χ1v) is 7.85. The van der Waals surface area contributed by atoms with Gasteiger partial charge in [0.05, 0.1) is 0 Å². The quantitative estimate of drug-likeness (QED) is 0.740. The SMILES string of the molecule is O=C(O)C(O)c1ccccc1.O=S(=O)(O)Cc1ccccc1. The highest BCUT2D eigenvalue weighted by Crippen LogP contribution is 2.11. The molecule has 0 bridgehead atoms. The van der Waals surface area contributed by atoms with Crippen molar-refractivity contribution in [1.82, 2.24) is 0 Å². The molecule has 0 aliphatic heterocycles. The van der Waals surface area contributed by atoms with Crippen LogP contribution in [0.3, 0.4) is 0 Å². The number of aliphatic hydroxyl groups is 1. The highest BCUT2D eigenvalue weighted by Gasteiger charge is 2.14. The zero-order chi connectivity index (χ0) is 16.6. The summed E-state index contributed by atoms with van der Waals surface area (Å²) in [6.45, 7) is 0. The second kappa shape index (κ2) is 8.28. The van der Waals surface area contributed by atoms with Crippen molar-refractivity contribution in [3.05, 3.63) is 71.8 Å². The van der Waals surface area contributed by atoms with E-state index in [-0.39, 0.29) is 5.75 Å². The van der Waals surface area contributed by atoms with Gasteiger partial charge < -0.3 is 10.2 Å². The number of aliphatic carboxylic acids is 1. The Morgan fingerprint density at radius 1 is 0.955 bits per heavy atom. The molecule has 0 saturated carbocycles. The summed E-state index contributed by atoms with van der Waals surface area (Å²) in [6.07, 6.45) is -1.41. The second-order valence-electron chi connectivity index (χ2n) is 4.36. The summed E-state index contributed by atoms with van der Waals surface area (Å²) in [6, 6.07) is 16.8. The van der Waals surface area contributed by atoms with Crippen LogP contribution >= 0.6 is 0 Å². The van der Waals surface area contributed by atoms with E-state index in [0.29, 0.717) is 11.1 Å². The van der Waals surface area contributed by atoms with Crippen LogP contribution in [0, 0.1) is 0 Å². The van der Waals surface area contributed by atoms with Crippen molar-refractivity contribution in [2.75, 3.05) is 0 Å². The van der Waals surface area contributed by atoms with Crippen LogP contribution in [0.1, 0.15) is 17.2 Å². The monoisotopic (exact) mass is 324 g/mol. The predicted molar refractivity (Wildman–Crippen MR) is 80.7 cm³/mol. The van der Waals surface area contributed by atoms with Crippen molar-refractivity contribution in [2.24, 2.45) is 0 Å². The zero-order valence-corrected chi connectivity index (χ0v) is 12.3. The molecule has 0 heterocycles. The Balaban J connectivity index is 0.000000220. The van der Waals surface area contributed by atoms with Gasteiger partial charge in [0.2, 0.25) is 0 Å². The lowest BCUT2D eigenvalue weighted by molar-refractivity contribution is -0.146. The van der Waals surface area contributed by atoms with Gasteiger partial charge in [-0.05, 0) is 11.1 Å². The lowest BCUT2D eigenvalue weighted by Gasteiger charge is -2.03. The van der Waals surface area contributed by atoms with Crippen molar-refractivity contribution < 1.29 is 28.0 Å². The largest absolute Gasteiger partial charge is 0.479 e. The van der Waals surface area contributed by atoms with E-state index in [0.717, 1.165) is 0 Å². The van der Waals surface area contributed by atoms with Crippen molar-refractivity contribution in [3.8, 4) is 0 Å². The van der Waals surface area contributed by atoms with Gasteiger partial charge in [-0.3, -0.25) is 4.55 Å². The summed E-state index contributed by atoms with van der Waals surface area (Å²) in [5.41, 5.74) is 0.995. The van der Waals surface area contributed by atoms with Crippen LogP contribution in [-0.4, -0.2) is 29.2 Å².